The molecule has 0 unspecified atom stereocenters. The molecule has 2 aliphatic rings. The summed E-state index contributed by atoms with van der Waals surface area (Å²) in [5, 5.41) is 8.55. The van der Waals surface area contributed by atoms with Crippen LogP contribution in [0.2, 0.25) is 0 Å². The molecule has 4 rings (SSSR count). The van der Waals surface area contributed by atoms with Gasteiger partial charge in [-0.25, -0.2) is 0 Å². The summed E-state index contributed by atoms with van der Waals surface area (Å²) in [6, 6.07) is 6.14. The highest BCUT2D eigenvalue weighted by Crippen LogP contribution is 2.39. The molecule has 1 saturated carbocycles. The second kappa shape index (κ2) is 5.88. The van der Waals surface area contributed by atoms with Gasteiger partial charge >= 0.3 is 0 Å². The van der Waals surface area contributed by atoms with Gasteiger partial charge in [-0.05, 0) is 55.7 Å². The molecule has 0 radical (unpaired) electrons. The molecule has 0 amide bonds. The van der Waals surface area contributed by atoms with Crippen molar-refractivity contribution in [2.45, 2.75) is 49.7 Å². The number of benzene rings is 1. The van der Waals surface area contributed by atoms with Gasteiger partial charge in [0.15, 0.2) is 5.78 Å². The summed E-state index contributed by atoms with van der Waals surface area (Å²) in [7, 11) is 0. The molecule has 1 fully saturated rings. The first-order valence-corrected chi connectivity index (χ1v) is 8.89. The van der Waals surface area contributed by atoms with Gasteiger partial charge in [0.1, 0.15) is 0 Å². The summed E-state index contributed by atoms with van der Waals surface area (Å²) < 4.78 is 5.57. The minimum atomic E-state index is 0.129. The highest BCUT2D eigenvalue weighted by atomic mass is 32.2. The predicted molar refractivity (Wildman–Crippen MR) is 84.4 cm³/mol. The number of carbonyl (C=O) groups is 1. The van der Waals surface area contributed by atoms with E-state index in [4.69, 9.17) is 4.42 Å². The van der Waals surface area contributed by atoms with Gasteiger partial charge in [0, 0.05) is 11.5 Å². The minimum absolute atomic E-state index is 0.129. The van der Waals surface area contributed by atoms with E-state index in [1.54, 1.807) is 0 Å². The third-order valence-electron chi connectivity index (χ3n) is 4.35. The van der Waals surface area contributed by atoms with Gasteiger partial charge in [-0.3, -0.25) is 4.79 Å². The van der Waals surface area contributed by atoms with Gasteiger partial charge < -0.3 is 4.42 Å². The number of aryl methyl sites for hydroxylation is 2. The average Bonchev–Trinajstić information content (AvgIpc) is 3.31. The van der Waals surface area contributed by atoms with E-state index in [0.717, 1.165) is 37.1 Å². The molecular weight excluding hydrogens is 296 g/mol. The SMILES string of the molecule is O=C(CSc1nnc(C2CC2)o1)c1ccc2c(c1)CCCC2. The average molecular weight is 314 g/mol. The number of fused-ring (bicyclic) bond motifs is 1. The number of thioether (sulfide) groups is 1. The van der Waals surface area contributed by atoms with Crippen LogP contribution in [0.15, 0.2) is 27.8 Å². The maximum atomic E-state index is 12.3. The zero-order chi connectivity index (χ0) is 14.9. The van der Waals surface area contributed by atoms with Crippen LogP contribution in [0, 0.1) is 0 Å². The number of hydrogen-bond acceptors (Lipinski definition) is 5. The number of rotatable bonds is 5. The van der Waals surface area contributed by atoms with Crippen LogP contribution in [0.1, 0.15) is 59.0 Å². The van der Waals surface area contributed by atoms with Crippen LogP contribution in [-0.4, -0.2) is 21.7 Å². The lowest BCUT2D eigenvalue weighted by molar-refractivity contribution is 0.102. The first-order valence-electron chi connectivity index (χ1n) is 7.91. The van der Waals surface area contributed by atoms with Gasteiger partial charge in [0.2, 0.25) is 5.89 Å². The molecule has 1 aromatic heterocycles. The van der Waals surface area contributed by atoms with E-state index in [-0.39, 0.29) is 5.78 Å². The van der Waals surface area contributed by atoms with E-state index in [0.29, 0.717) is 16.9 Å². The number of ketones is 1. The summed E-state index contributed by atoms with van der Waals surface area (Å²) in [6.07, 6.45) is 7.01. The van der Waals surface area contributed by atoms with E-state index >= 15 is 0 Å². The summed E-state index contributed by atoms with van der Waals surface area (Å²) in [5.41, 5.74) is 3.55. The number of nitrogens with zero attached hydrogens (tertiary/aromatic N) is 2. The first-order chi connectivity index (χ1) is 10.8. The molecule has 1 heterocycles. The molecule has 2 aliphatic carbocycles. The van der Waals surface area contributed by atoms with E-state index in [1.807, 2.05) is 6.07 Å². The molecule has 0 atom stereocenters. The Balaban J connectivity index is 1.40. The number of carbonyl (C=O) groups excluding carboxylic acids is 1. The number of Topliss-reactive ketones (excluding diaryl/α,β-unsaturated/α-hetero) is 1. The minimum Gasteiger partial charge on any atom is -0.416 e. The molecule has 22 heavy (non-hydrogen) atoms. The lowest BCUT2D eigenvalue weighted by Crippen LogP contribution is -2.07. The Morgan fingerprint density at radius 3 is 2.82 bits per heavy atom. The topological polar surface area (TPSA) is 56.0 Å². The highest BCUT2D eigenvalue weighted by Gasteiger charge is 2.29. The smallest absolute Gasteiger partial charge is 0.277 e. The number of aromatic nitrogens is 2. The fourth-order valence-electron chi connectivity index (χ4n) is 2.89. The summed E-state index contributed by atoms with van der Waals surface area (Å²) in [5.74, 6) is 1.66. The Kier molecular flexibility index (Phi) is 3.74. The van der Waals surface area contributed by atoms with Crippen LogP contribution in [0.3, 0.4) is 0 Å². The van der Waals surface area contributed by atoms with Crippen LogP contribution < -0.4 is 0 Å². The van der Waals surface area contributed by atoms with E-state index in [2.05, 4.69) is 22.3 Å². The van der Waals surface area contributed by atoms with Gasteiger partial charge in [0.25, 0.3) is 5.22 Å². The van der Waals surface area contributed by atoms with Crippen molar-refractivity contribution in [2.24, 2.45) is 0 Å². The van der Waals surface area contributed by atoms with E-state index < -0.39 is 0 Å². The Hall–Kier alpha value is -1.62. The van der Waals surface area contributed by atoms with Crippen molar-refractivity contribution in [2.75, 3.05) is 5.75 Å². The molecule has 4 nitrogen and oxygen atoms in total. The van der Waals surface area contributed by atoms with Gasteiger partial charge in [-0.15, -0.1) is 10.2 Å². The summed E-state index contributed by atoms with van der Waals surface area (Å²) in [4.78, 5) is 12.3. The fraction of sp³-hybridized carbons (Fsp3) is 0.471. The van der Waals surface area contributed by atoms with Crippen molar-refractivity contribution in [1.29, 1.82) is 0 Å². The molecule has 0 bridgehead atoms. The van der Waals surface area contributed by atoms with E-state index in [9.17, 15) is 4.79 Å². The van der Waals surface area contributed by atoms with Crippen LogP contribution in [0.25, 0.3) is 0 Å². The lowest BCUT2D eigenvalue weighted by atomic mass is 9.90. The normalized spacial score (nSPS) is 17.3. The largest absolute Gasteiger partial charge is 0.416 e. The zero-order valence-corrected chi connectivity index (χ0v) is 13.2. The van der Waals surface area contributed by atoms with Crippen molar-refractivity contribution in [3.63, 3.8) is 0 Å². The van der Waals surface area contributed by atoms with Crippen LogP contribution in [-0.2, 0) is 12.8 Å². The third-order valence-corrected chi connectivity index (χ3v) is 5.16. The zero-order valence-electron chi connectivity index (χ0n) is 12.4. The van der Waals surface area contributed by atoms with Crippen molar-refractivity contribution in [3.05, 3.63) is 40.8 Å². The van der Waals surface area contributed by atoms with Crippen LogP contribution in [0.5, 0.6) is 0 Å². The van der Waals surface area contributed by atoms with Crippen molar-refractivity contribution in [3.8, 4) is 0 Å². The molecular formula is C17H18N2O2S. The van der Waals surface area contributed by atoms with Gasteiger partial charge in [0.05, 0.1) is 5.75 Å². The molecule has 0 saturated heterocycles. The first kappa shape index (κ1) is 14.0. The van der Waals surface area contributed by atoms with Crippen molar-refractivity contribution in [1.82, 2.24) is 10.2 Å². The molecule has 5 heteroatoms. The molecule has 114 valence electrons. The Morgan fingerprint density at radius 2 is 2.00 bits per heavy atom. The van der Waals surface area contributed by atoms with Gasteiger partial charge in [-0.2, -0.15) is 0 Å². The molecule has 2 aromatic rings. The standard InChI is InChI=1S/C17H18N2O2S/c20-15(10-22-17-19-18-16(21-17)12-6-7-12)14-8-5-11-3-1-2-4-13(11)9-14/h5,8-9,12H,1-4,6-7,10H2. The molecule has 0 spiro atoms. The van der Waals surface area contributed by atoms with Crippen molar-refractivity contribution >= 4 is 17.5 Å². The van der Waals surface area contributed by atoms with Crippen molar-refractivity contribution < 1.29 is 9.21 Å². The predicted octanol–water partition coefficient (Wildman–Crippen LogP) is 3.80. The quantitative estimate of drug-likeness (QED) is 0.620. The summed E-state index contributed by atoms with van der Waals surface area (Å²) >= 11 is 1.34. The van der Waals surface area contributed by atoms with Gasteiger partial charge in [-0.1, -0.05) is 23.9 Å². The molecule has 1 aromatic carbocycles. The second-order valence-corrected chi connectivity index (χ2v) is 7.01. The maximum absolute atomic E-state index is 12.3. The Labute approximate surface area is 133 Å². The second-order valence-electron chi connectivity index (χ2n) is 6.08. The van der Waals surface area contributed by atoms with Crippen LogP contribution >= 0.6 is 11.8 Å². The Morgan fingerprint density at radius 1 is 1.18 bits per heavy atom. The third kappa shape index (κ3) is 2.95. The fourth-order valence-corrected chi connectivity index (χ4v) is 3.56. The summed E-state index contributed by atoms with van der Waals surface area (Å²) in [6.45, 7) is 0. The lowest BCUT2D eigenvalue weighted by Gasteiger charge is -2.16. The monoisotopic (exact) mass is 314 g/mol. The van der Waals surface area contributed by atoms with Crippen LogP contribution in [0.4, 0.5) is 0 Å². The maximum Gasteiger partial charge on any atom is 0.277 e. The Bertz CT molecular complexity index is 706. The number of hydrogen-bond donors (Lipinski definition) is 0. The highest BCUT2D eigenvalue weighted by molar-refractivity contribution is 7.99. The molecule has 0 N–H and O–H groups in total. The van der Waals surface area contributed by atoms with E-state index in [1.165, 1.54) is 35.7 Å². The molecule has 0 aliphatic heterocycles.